The molecule has 0 N–H and O–H groups in total. The van der Waals surface area contributed by atoms with Crippen LogP contribution in [0.1, 0.15) is 393 Å². The van der Waals surface area contributed by atoms with Crippen LogP contribution in [0.2, 0.25) is 0 Å². The number of rotatable bonds is 55. The van der Waals surface area contributed by atoms with Crippen molar-refractivity contribution in [2.45, 2.75) is 372 Å². The Balaban J connectivity index is 0.671. The fourth-order valence-electron chi connectivity index (χ4n) is 20.8. The Morgan fingerprint density at radius 2 is 0.466 bits per heavy atom. The lowest BCUT2D eigenvalue weighted by molar-refractivity contribution is 0.286. The van der Waals surface area contributed by atoms with E-state index in [9.17, 15) is 0 Å². The normalized spacial score (nSPS) is 19.7. The Morgan fingerprint density at radius 1 is 0.220 bits per heavy atom. The van der Waals surface area contributed by atoms with Gasteiger partial charge in [-0.05, 0) is 356 Å². The summed E-state index contributed by atoms with van der Waals surface area (Å²) in [5, 5.41) is 4.94. The van der Waals surface area contributed by atoms with Crippen LogP contribution in [0.25, 0.3) is 32.7 Å². The molecule has 4 aliphatic rings. The first-order valence-corrected chi connectivity index (χ1v) is 49.6. The van der Waals surface area contributed by atoms with E-state index in [-0.39, 0.29) is 0 Å². The third-order valence-electron chi connectivity index (χ3n) is 28.4. The molecule has 0 aromatic heterocycles. The zero-order chi connectivity index (χ0) is 81.2. The van der Waals surface area contributed by atoms with Gasteiger partial charge in [0.1, 0.15) is 34.5 Å². The van der Waals surface area contributed by atoms with Gasteiger partial charge in [-0.15, -0.1) is 0 Å². The van der Waals surface area contributed by atoms with Gasteiger partial charge in [-0.25, -0.2) is 0 Å². The minimum atomic E-state index is 0.649. The van der Waals surface area contributed by atoms with Crippen molar-refractivity contribution in [3.63, 3.8) is 0 Å². The van der Waals surface area contributed by atoms with Crippen LogP contribution in [-0.4, -0.2) is 39.6 Å². The number of unbranched alkanes of at least 4 members (excludes halogenated alkanes) is 20. The summed E-state index contributed by atoms with van der Waals surface area (Å²) in [6.07, 6.45) is 63.7. The smallest absolute Gasteiger partial charge is 0.127 e. The number of hydrogen-bond donors (Lipinski definition) is 0. The van der Waals surface area contributed by atoms with Crippen molar-refractivity contribution in [2.75, 3.05) is 39.6 Å². The van der Waals surface area contributed by atoms with E-state index in [2.05, 4.69) is 185 Å². The molecule has 4 fully saturated rings. The maximum atomic E-state index is 7.11. The Hall–Kier alpha value is -6.92. The molecule has 4 saturated carbocycles. The molecule has 0 spiro atoms. The molecule has 0 bridgehead atoms. The van der Waals surface area contributed by atoms with Gasteiger partial charge in [0.2, 0.25) is 0 Å². The lowest BCUT2D eigenvalue weighted by atomic mass is 9.77. The molecule has 0 saturated heterocycles. The van der Waals surface area contributed by atoms with Gasteiger partial charge >= 0.3 is 0 Å². The SMILES string of the molecule is CCCCCC1CCC(c2ccc(OCCCCCCOc3ccc4cc(CCCCCCOc5ccc(C6CCC(CCCCC)CC6)cc5)ccc4c3-c3c(OCCCCCCOc4ccc(C5CCC(CCCCC)CC5)cc4)ccc4cc(CCCCCCOc5ccc(C6CCC(CCCCC)CC6)cc5)ccc34)cc2)CC1. The van der Waals surface area contributed by atoms with Gasteiger partial charge in [0.25, 0.3) is 0 Å². The summed E-state index contributed by atoms with van der Waals surface area (Å²) in [4.78, 5) is 0. The van der Waals surface area contributed by atoms with Gasteiger partial charge in [0.05, 0.1) is 39.6 Å². The largest absolute Gasteiger partial charge is 0.494 e. The van der Waals surface area contributed by atoms with Crippen LogP contribution in [0.5, 0.6) is 34.5 Å². The third kappa shape index (κ3) is 29.7. The van der Waals surface area contributed by atoms with Crippen LogP contribution in [0.15, 0.2) is 158 Å². The molecule has 0 aliphatic heterocycles. The highest BCUT2D eigenvalue weighted by molar-refractivity contribution is 6.10. The lowest BCUT2D eigenvalue weighted by Gasteiger charge is -2.29. The van der Waals surface area contributed by atoms with Crippen LogP contribution < -0.4 is 28.4 Å². The number of hydrogen-bond acceptors (Lipinski definition) is 6. The van der Waals surface area contributed by atoms with Crippen molar-refractivity contribution in [3.05, 3.63) is 191 Å². The number of benzene rings is 8. The maximum Gasteiger partial charge on any atom is 0.127 e. The molecule has 8 aromatic carbocycles. The summed E-state index contributed by atoms with van der Waals surface area (Å²) in [6.45, 7) is 13.6. The number of fused-ring (bicyclic) bond motifs is 2. The highest BCUT2D eigenvalue weighted by Crippen LogP contribution is 2.48. The van der Waals surface area contributed by atoms with Gasteiger partial charge in [0.15, 0.2) is 0 Å². The summed E-state index contributed by atoms with van der Waals surface area (Å²) in [6, 6.07) is 60.2. The third-order valence-corrected chi connectivity index (χ3v) is 28.4. The summed E-state index contributed by atoms with van der Waals surface area (Å²) < 4.78 is 39.6. The topological polar surface area (TPSA) is 55.4 Å². The molecule has 0 amide bonds. The van der Waals surface area contributed by atoms with Crippen molar-refractivity contribution in [1.82, 2.24) is 0 Å². The Labute approximate surface area is 718 Å². The zero-order valence-corrected chi connectivity index (χ0v) is 74.7. The van der Waals surface area contributed by atoms with Gasteiger partial charge in [-0.2, -0.15) is 0 Å². The minimum Gasteiger partial charge on any atom is -0.494 e. The molecule has 4 aliphatic carbocycles. The van der Waals surface area contributed by atoms with E-state index in [0.717, 1.165) is 186 Å². The predicted octanol–water partition coefficient (Wildman–Crippen LogP) is 33.5. The lowest BCUT2D eigenvalue weighted by Crippen LogP contribution is -2.13. The first kappa shape index (κ1) is 90.3. The second kappa shape index (κ2) is 51.8. The van der Waals surface area contributed by atoms with Gasteiger partial charge in [-0.1, -0.05) is 253 Å². The molecule has 0 radical (unpaired) electrons. The van der Waals surface area contributed by atoms with Crippen molar-refractivity contribution in [2.24, 2.45) is 23.7 Å². The molecule has 0 atom stereocenters. The van der Waals surface area contributed by atoms with Crippen molar-refractivity contribution in [1.29, 1.82) is 0 Å². The van der Waals surface area contributed by atoms with Gasteiger partial charge in [-0.3, -0.25) is 0 Å². The highest BCUT2D eigenvalue weighted by atomic mass is 16.5. The average Bonchev–Trinajstić information content (AvgIpc) is 0.747. The van der Waals surface area contributed by atoms with Crippen molar-refractivity contribution < 1.29 is 28.4 Å². The van der Waals surface area contributed by atoms with E-state index in [1.165, 1.54) is 286 Å². The second-order valence-corrected chi connectivity index (χ2v) is 37.4. The van der Waals surface area contributed by atoms with E-state index in [1.54, 1.807) is 0 Å². The molecule has 6 heteroatoms. The molecule has 118 heavy (non-hydrogen) atoms. The first-order chi connectivity index (χ1) is 58.4. The number of aryl methyl sites for hydroxylation is 2. The molecule has 642 valence electrons. The van der Waals surface area contributed by atoms with E-state index in [4.69, 9.17) is 28.4 Å². The highest BCUT2D eigenvalue weighted by Gasteiger charge is 2.28. The molecule has 0 heterocycles. The summed E-state index contributed by atoms with van der Waals surface area (Å²) in [5.74, 6) is 12.5. The Kier molecular flexibility index (Phi) is 39.6. The monoisotopic (exact) mass is 1600 g/mol. The summed E-state index contributed by atoms with van der Waals surface area (Å²) in [7, 11) is 0. The quantitative estimate of drug-likeness (QED) is 0.0354. The van der Waals surface area contributed by atoms with Crippen LogP contribution in [0, 0.1) is 23.7 Å². The zero-order valence-electron chi connectivity index (χ0n) is 74.7. The minimum absolute atomic E-state index is 0.649. The standard InChI is InChI=1S/C112H158O6/c1-5-9-21-33-87-39-49-93(50-40-87)97-57-67-103(68-58-97)113-79-27-15-13-25-37-91-47-75-107-101(85-91)65-77-109(117-83-31-19-17-29-81-115-105-71-61-99(62-72-105)95-53-43-89(44-54-95)35-23-11-7-3)111(107)112-108-76-48-92(38-26-14-16-28-80-114-104-69-59-98(60-70-104)94-51-41-88(42-52-94)34-22-10-6-2)86-102(108)66-78-110(112)118-84-32-20-18-30-82-116-106-73-63-100(64-74-106)96-55-45-90(46-56-96)36-24-12-8-4/h47-48,57-78,85-90,93-96H,5-46,49-56,79-84H2,1-4H3. The molecular formula is C112H158O6. The predicted molar refractivity (Wildman–Crippen MR) is 502 cm³/mol. The van der Waals surface area contributed by atoms with E-state index in [0.29, 0.717) is 36.9 Å². The molecule has 6 nitrogen and oxygen atoms in total. The van der Waals surface area contributed by atoms with Crippen LogP contribution in [-0.2, 0) is 12.8 Å². The Morgan fingerprint density at radius 3 is 0.720 bits per heavy atom. The molecular weight excluding hydrogens is 1440 g/mol. The Bertz CT molecular complexity index is 3750. The van der Waals surface area contributed by atoms with Gasteiger partial charge < -0.3 is 28.4 Å². The van der Waals surface area contributed by atoms with Gasteiger partial charge in [0, 0.05) is 11.1 Å². The van der Waals surface area contributed by atoms with Crippen LogP contribution >= 0.6 is 0 Å². The first-order valence-electron chi connectivity index (χ1n) is 49.6. The van der Waals surface area contributed by atoms with Crippen LogP contribution in [0.3, 0.4) is 0 Å². The van der Waals surface area contributed by atoms with E-state index >= 15 is 0 Å². The molecule has 8 aromatic rings. The fourth-order valence-corrected chi connectivity index (χ4v) is 20.8. The molecule has 0 unspecified atom stereocenters. The van der Waals surface area contributed by atoms with E-state index in [1.807, 2.05) is 0 Å². The fraction of sp³-hybridized carbons (Fsp3) is 0.607. The maximum absolute atomic E-state index is 7.11. The number of ether oxygens (including phenoxy) is 6. The van der Waals surface area contributed by atoms with E-state index < -0.39 is 0 Å². The van der Waals surface area contributed by atoms with Crippen molar-refractivity contribution >= 4 is 21.5 Å². The molecule has 12 rings (SSSR count). The average molecular weight is 1600 g/mol. The second-order valence-electron chi connectivity index (χ2n) is 37.4. The van der Waals surface area contributed by atoms with Crippen LogP contribution in [0.4, 0.5) is 0 Å². The summed E-state index contributed by atoms with van der Waals surface area (Å²) in [5.41, 5.74) is 11.1. The summed E-state index contributed by atoms with van der Waals surface area (Å²) >= 11 is 0. The van der Waals surface area contributed by atoms with Crippen molar-refractivity contribution in [3.8, 4) is 45.6 Å².